The zero-order valence-electron chi connectivity index (χ0n) is 42.0. The number of nitrogens with two attached hydrogens (primary N) is 2. The summed E-state index contributed by atoms with van der Waals surface area (Å²) in [5.41, 5.74) is 14.6. The van der Waals surface area contributed by atoms with E-state index >= 15 is 0 Å². The first-order chi connectivity index (χ1) is 36.9. The molecule has 0 saturated carbocycles. The molecule has 0 aliphatic carbocycles. The molecule has 1 fully saturated rings. The molecule has 0 atom stereocenters. The second-order valence-electron chi connectivity index (χ2n) is 16.4. The number of hydrogen-bond acceptors (Lipinski definition) is 23. The van der Waals surface area contributed by atoms with Gasteiger partial charge in [-0.15, -0.1) is 0 Å². The Bertz CT molecular complexity index is 2360. The maximum absolute atomic E-state index is 11.8. The first-order valence-electron chi connectivity index (χ1n) is 23.9. The lowest BCUT2D eigenvalue weighted by molar-refractivity contribution is -0.385. The van der Waals surface area contributed by atoms with Gasteiger partial charge in [-0.1, -0.05) is 48.5 Å². The second-order valence-corrected chi connectivity index (χ2v) is 16.4. The monoisotopic (exact) mass is 1080 g/mol. The number of nitro groups is 2. The van der Waals surface area contributed by atoms with Crippen molar-refractivity contribution in [2.75, 3.05) is 51.9 Å². The number of rotatable bonds is 28. The molecule has 0 spiro atoms. The highest BCUT2D eigenvalue weighted by atomic mass is 16.7. The van der Waals surface area contributed by atoms with Crippen molar-refractivity contribution in [1.82, 2.24) is 0 Å². The Hall–Kier alpha value is -9.00. The molecule has 0 unspecified atom stereocenters. The van der Waals surface area contributed by atoms with Crippen LogP contribution in [0.2, 0.25) is 0 Å². The number of carbonyl (C=O) groups excluding carboxylic acids is 8. The first-order valence-corrected chi connectivity index (χ1v) is 23.9. The molecule has 4 aromatic rings. The quantitative estimate of drug-likeness (QED) is 0.0125. The Kier molecular flexibility index (Phi) is 29.2. The molecule has 1 aliphatic rings. The highest BCUT2D eigenvalue weighted by Gasteiger charge is 2.14. The fourth-order valence-corrected chi connectivity index (χ4v) is 6.13. The van der Waals surface area contributed by atoms with E-state index in [1.807, 2.05) is 0 Å². The number of benzene rings is 4. The number of nitrogens with zero attached hydrogens (tertiary/aromatic N) is 2. The molecule has 5 rings (SSSR count). The van der Waals surface area contributed by atoms with Crippen LogP contribution in [0.3, 0.4) is 0 Å². The van der Waals surface area contributed by atoms with Crippen LogP contribution in [0, 0.1) is 20.2 Å². The van der Waals surface area contributed by atoms with E-state index in [0.29, 0.717) is 48.2 Å². The molecule has 1 heterocycles. The van der Waals surface area contributed by atoms with Crippen LogP contribution in [0.25, 0.3) is 0 Å². The fraction of sp³-hybridized carbons (Fsp3) is 0.385. The van der Waals surface area contributed by atoms with E-state index in [4.69, 9.17) is 54.1 Å². The first kappa shape index (κ1) is 62.3. The minimum atomic E-state index is -0.678. The normalized spacial score (nSPS) is 11.1. The number of nitrogen functional groups attached to an aromatic ring is 2. The molecule has 4 N–H and O–H groups in total. The van der Waals surface area contributed by atoms with E-state index < -0.39 is 84.8 Å². The molecular weight excluding hydrogens is 1020 g/mol. The summed E-state index contributed by atoms with van der Waals surface area (Å²) in [4.78, 5) is 114. The van der Waals surface area contributed by atoms with Crippen molar-refractivity contribution in [2.45, 2.75) is 89.9 Å². The number of esters is 8. The van der Waals surface area contributed by atoms with E-state index in [-0.39, 0.29) is 62.7 Å². The Morgan fingerprint density at radius 3 is 0.805 bits per heavy atom. The van der Waals surface area contributed by atoms with Crippen LogP contribution < -0.4 is 11.5 Å². The van der Waals surface area contributed by atoms with E-state index in [2.05, 4.69) is 0 Å². The van der Waals surface area contributed by atoms with E-state index in [0.717, 1.165) is 24.3 Å². The molecule has 1 aliphatic heterocycles. The van der Waals surface area contributed by atoms with E-state index in [9.17, 15) is 58.6 Å². The molecule has 414 valence electrons. The Morgan fingerprint density at radius 1 is 0.377 bits per heavy atom. The van der Waals surface area contributed by atoms with E-state index in [1.54, 1.807) is 48.5 Å². The van der Waals surface area contributed by atoms with Gasteiger partial charge in [0.05, 0.1) is 35.5 Å². The highest BCUT2D eigenvalue weighted by Crippen LogP contribution is 2.15. The third kappa shape index (κ3) is 29.5. The number of unbranched alkanes of at least 4 members (excludes halogenated alkanes) is 2. The number of ether oxygens (including phenoxy) is 9. The summed E-state index contributed by atoms with van der Waals surface area (Å²) < 4.78 is 43.5. The number of non-ortho nitro benzene ring substituents is 2. The average molecular weight is 1080 g/mol. The summed E-state index contributed by atoms with van der Waals surface area (Å²) in [6.45, 7) is -0.122. The van der Waals surface area contributed by atoms with Gasteiger partial charge in [0.25, 0.3) is 11.4 Å². The SMILES string of the molecule is C1CCOC1.Nc1ccc(CC(=O)OCOC(=O)CCCCC(=O)OCOC(=O)Cc2ccc(N)cc2)cc1.O=C(CCCCC(=O)OCOC(=O)Cc1ccc([N+](=O)[O-])cc1)OCOC(=O)Cc1ccc([N+](=O)[O-])cc1. The van der Waals surface area contributed by atoms with Gasteiger partial charge in [-0.3, -0.25) is 58.6 Å². The van der Waals surface area contributed by atoms with E-state index in [1.165, 1.54) is 61.4 Å². The summed E-state index contributed by atoms with van der Waals surface area (Å²) in [6.07, 6.45) is 3.73. The lowest BCUT2D eigenvalue weighted by Crippen LogP contribution is -2.15. The number of hydrogen-bond donors (Lipinski definition) is 2. The third-order valence-electron chi connectivity index (χ3n) is 10.3. The van der Waals surface area contributed by atoms with Crippen LogP contribution in [-0.2, 0) is 107 Å². The minimum Gasteiger partial charge on any atom is -0.428 e. The van der Waals surface area contributed by atoms with Gasteiger partial charge in [0.15, 0.2) is 0 Å². The number of carbonyl (C=O) groups is 8. The van der Waals surface area contributed by atoms with Crippen molar-refractivity contribution in [2.24, 2.45) is 0 Å². The maximum Gasteiger partial charge on any atom is 0.313 e. The standard InChI is InChI=1S/C24H24N2O12.C24H28N2O8.C4H8O/c27-21(35-15-37-23(29)13-17-5-9-19(10-6-17)25(31)32)3-1-2-4-22(28)36-16-38-24(30)14-18-7-11-20(12-8-18)26(33)34;25-19-9-5-17(6-10-19)13-23(29)33-15-31-21(27)3-1-2-4-22(28)32-16-34-24(30)14-18-7-11-20(26)12-8-18;1-2-4-5-3-1/h5-12H,1-4,13-16H2;5-12H,1-4,13-16,25-26H2;1-4H2. The van der Waals surface area contributed by atoms with Gasteiger partial charge in [0, 0.05) is 74.5 Å². The van der Waals surface area contributed by atoms with Crippen molar-refractivity contribution in [3.63, 3.8) is 0 Å². The summed E-state index contributed by atoms with van der Waals surface area (Å²) >= 11 is 0. The van der Waals surface area contributed by atoms with Crippen LogP contribution in [0.1, 0.15) is 86.5 Å². The van der Waals surface area contributed by atoms with Gasteiger partial charge < -0.3 is 54.1 Å². The molecule has 1 saturated heterocycles. The van der Waals surface area contributed by atoms with Gasteiger partial charge in [-0.25, -0.2) is 0 Å². The minimum absolute atomic E-state index is 0.0304. The highest BCUT2D eigenvalue weighted by molar-refractivity contribution is 5.76. The summed E-state index contributed by atoms with van der Waals surface area (Å²) in [7, 11) is 0. The van der Waals surface area contributed by atoms with Crippen LogP contribution in [-0.4, -0.2) is 98.0 Å². The molecule has 77 heavy (non-hydrogen) atoms. The van der Waals surface area contributed by atoms with Crippen molar-refractivity contribution in [3.05, 3.63) is 140 Å². The van der Waals surface area contributed by atoms with Gasteiger partial charge >= 0.3 is 47.8 Å². The molecule has 25 heteroatoms. The zero-order valence-corrected chi connectivity index (χ0v) is 42.0. The average Bonchev–Trinajstić information content (AvgIpc) is 4.00. The second kappa shape index (κ2) is 36.0. The largest absolute Gasteiger partial charge is 0.428 e. The van der Waals surface area contributed by atoms with Crippen molar-refractivity contribution in [1.29, 1.82) is 0 Å². The molecule has 4 aromatic carbocycles. The van der Waals surface area contributed by atoms with Crippen LogP contribution >= 0.6 is 0 Å². The predicted molar refractivity (Wildman–Crippen MR) is 268 cm³/mol. The lowest BCUT2D eigenvalue weighted by Gasteiger charge is -2.07. The summed E-state index contributed by atoms with van der Waals surface area (Å²) in [5.74, 6) is -4.80. The molecular formula is C52H60N4O21. The van der Waals surface area contributed by atoms with Gasteiger partial charge in [-0.05, 0) is 85.0 Å². The van der Waals surface area contributed by atoms with Crippen molar-refractivity contribution >= 4 is 70.5 Å². The third-order valence-corrected chi connectivity index (χ3v) is 10.3. The maximum atomic E-state index is 11.8. The van der Waals surface area contributed by atoms with Gasteiger partial charge in [0.2, 0.25) is 27.2 Å². The Morgan fingerprint density at radius 2 is 0.597 bits per heavy atom. The predicted octanol–water partition coefficient (Wildman–Crippen LogP) is 6.02. The molecule has 0 radical (unpaired) electrons. The Labute approximate surface area is 441 Å². The Balaban J connectivity index is 0.000000372. The zero-order chi connectivity index (χ0) is 56.2. The van der Waals surface area contributed by atoms with Gasteiger partial charge in [0.1, 0.15) is 0 Å². The molecule has 0 bridgehead atoms. The number of nitro benzene ring substituents is 2. The molecule has 25 nitrogen and oxygen atoms in total. The fourth-order valence-electron chi connectivity index (χ4n) is 6.13. The number of anilines is 2. The van der Waals surface area contributed by atoms with Crippen molar-refractivity contribution in [3.8, 4) is 0 Å². The van der Waals surface area contributed by atoms with Crippen LogP contribution in [0.15, 0.2) is 97.1 Å². The summed E-state index contributed by atoms with van der Waals surface area (Å²) in [6, 6.07) is 24.2. The van der Waals surface area contributed by atoms with Gasteiger partial charge in [-0.2, -0.15) is 0 Å². The smallest absolute Gasteiger partial charge is 0.313 e. The molecule has 0 amide bonds. The lowest BCUT2D eigenvalue weighted by atomic mass is 10.1. The summed E-state index contributed by atoms with van der Waals surface area (Å²) in [5, 5.41) is 21.2. The molecule has 0 aromatic heterocycles. The van der Waals surface area contributed by atoms with Crippen LogP contribution in [0.4, 0.5) is 22.7 Å². The topological polar surface area (TPSA) is 358 Å². The van der Waals surface area contributed by atoms with Crippen molar-refractivity contribution < 1.29 is 90.8 Å². The van der Waals surface area contributed by atoms with Crippen LogP contribution in [0.5, 0.6) is 0 Å².